The first kappa shape index (κ1) is 18.4. The van der Waals surface area contributed by atoms with Gasteiger partial charge in [0.05, 0.1) is 19.3 Å². The predicted molar refractivity (Wildman–Crippen MR) is 108 cm³/mol. The fourth-order valence-electron chi connectivity index (χ4n) is 4.09. The lowest BCUT2D eigenvalue weighted by atomic mass is 10.0. The summed E-state index contributed by atoms with van der Waals surface area (Å²) in [5.41, 5.74) is 2.65. The van der Waals surface area contributed by atoms with Gasteiger partial charge in [-0.15, -0.1) is 0 Å². The average molecular weight is 394 g/mol. The molecule has 1 saturated heterocycles. The number of pyridine rings is 1. The van der Waals surface area contributed by atoms with Gasteiger partial charge in [0.25, 0.3) is 5.91 Å². The molecule has 152 valence electrons. The highest BCUT2D eigenvalue weighted by Crippen LogP contribution is 2.39. The van der Waals surface area contributed by atoms with Crippen LogP contribution in [0.25, 0.3) is 0 Å². The quantitative estimate of drug-likeness (QED) is 0.767. The number of carbonyl (C=O) groups is 1. The number of ether oxygens (including phenoxy) is 1. The van der Waals surface area contributed by atoms with Crippen molar-refractivity contribution in [2.24, 2.45) is 0 Å². The number of nitrogens with one attached hydrogen (secondary N) is 2. The van der Waals surface area contributed by atoms with Crippen molar-refractivity contribution in [3.05, 3.63) is 47.2 Å². The van der Waals surface area contributed by atoms with Crippen molar-refractivity contribution in [3.8, 4) is 0 Å². The van der Waals surface area contributed by atoms with E-state index >= 15 is 0 Å². The maximum absolute atomic E-state index is 12.4. The molecule has 8 heteroatoms. The molecule has 29 heavy (non-hydrogen) atoms. The summed E-state index contributed by atoms with van der Waals surface area (Å²) in [6.07, 6.45) is 6.69. The topological polar surface area (TPSA) is 92.3 Å². The van der Waals surface area contributed by atoms with Crippen LogP contribution in [0.3, 0.4) is 0 Å². The van der Waals surface area contributed by atoms with Crippen LogP contribution in [-0.2, 0) is 11.2 Å². The van der Waals surface area contributed by atoms with Crippen LogP contribution in [0.1, 0.15) is 52.2 Å². The number of morpholine rings is 1. The Labute approximate surface area is 170 Å². The summed E-state index contributed by atoms with van der Waals surface area (Å²) >= 11 is 0. The van der Waals surface area contributed by atoms with Crippen molar-refractivity contribution in [3.63, 3.8) is 0 Å². The predicted octanol–water partition coefficient (Wildman–Crippen LogP) is 1.52. The molecule has 5 rings (SSSR count). The molecule has 2 N–H and O–H groups in total. The maximum Gasteiger partial charge on any atom is 0.270 e. The third-order valence-corrected chi connectivity index (χ3v) is 5.86. The van der Waals surface area contributed by atoms with Crippen LogP contribution in [-0.4, -0.2) is 65.2 Å². The Hall–Kier alpha value is -2.58. The van der Waals surface area contributed by atoms with E-state index in [1.54, 1.807) is 6.20 Å². The molecule has 2 aromatic rings. The van der Waals surface area contributed by atoms with Gasteiger partial charge >= 0.3 is 0 Å². The van der Waals surface area contributed by atoms with Gasteiger partial charge in [0, 0.05) is 50.1 Å². The van der Waals surface area contributed by atoms with E-state index < -0.39 is 0 Å². The van der Waals surface area contributed by atoms with Crippen molar-refractivity contribution in [1.82, 2.24) is 25.2 Å². The Morgan fingerprint density at radius 2 is 2.14 bits per heavy atom. The molecule has 0 bridgehead atoms. The van der Waals surface area contributed by atoms with Crippen molar-refractivity contribution in [1.29, 1.82) is 0 Å². The van der Waals surface area contributed by atoms with E-state index in [0.29, 0.717) is 24.7 Å². The van der Waals surface area contributed by atoms with E-state index in [4.69, 9.17) is 9.72 Å². The zero-order valence-electron chi connectivity index (χ0n) is 16.4. The fourth-order valence-corrected chi connectivity index (χ4v) is 4.09. The number of hydrogen-bond acceptors (Lipinski definition) is 7. The van der Waals surface area contributed by atoms with Crippen LogP contribution in [0.5, 0.6) is 0 Å². The average Bonchev–Trinajstić information content (AvgIpc) is 3.61. The second-order valence-corrected chi connectivity index (χ2v) is 7.87. The molecule has 1 atom stereocenters. The van der Waals surface area contributed by atoms with Crippen molar-refractivity contribution < 1.29 is 9.53 Å². The zero-order chi connectivity index (χ0) is 19.6. The molecule has 1 saturated carbocycles. The highest BCUT2D eigenvalue weighted by atomic mass is 16.5. The second-order valence-electron chi connectivity index (χ2n) is 7.87. The van der Waals surface area contributed by atoms with Crippen molar-refractivity contribution >= 4 is 11.7 Å². The number of anilines is 1. The van der Waals surface area contributed by atoms with Gasteiger partial charge in [0.15, 0.2) is 0 Å². The van der Waals surface area contributed by atoms with Gasteiger partial charge < -0.3 is 15.4 Å². The standard InChI is InChI=1S/C21H26N6O2/c28-21-18-16(5-7-23-21)20(26-19(25-18)14-3-4-14)24-13-17(15-2-1-6-22-12-15)27-8-10-29-11-9-27/h1-2,6,12,14,17H,3-5,7-11,13H2,(H,23,28)(H,24,25,26). The van der Waals surface area contributed by atoms with E-state index in [0.717, 1.165) is 62.8 Å². The van der Waals surface area contributed by atoms with Gasteiger partial charge in [0.2, 0.25) is 0 Å². The van der Waals surface area contributed by atoms with Gasteiger partial charge in [-0.05, 0) is 30.9 Å². The number of carbonyl (C=O) groups excluding carboxylic acids is 1. The summed E-state index contributed by atoms with van der Waals surface area (Å²) < 4.78 is 5.54. The first-order valence-corrected chi connectivity index (χ1v) is 10.4. The van der Waals surface area contributed by atoms with Gasteiger partial charge in [-0.1, -0.05) is 6.07 Å². The molecule has 1 amide bonds. The molecule has 0 spiro atoms. The first-order chi connectivity index (χ1) is 14.3. The zero-order valence-corrected chi connectivity index (χ0v) is 16.4. The van der Waals surface area contributed by atoms with Crippen LogP contribution in [0, 0.1) is 0 Å². The molecule has 0 radical (unpaired) electrons. The van der Waals surface area contributed by atoms with E-state index in [9.17, 15) is 4.79 Å². The minimum atomic E-state index is -0.0874. The Balaban J connectivity index is 1.43. The van der Waals surface area contributed by atoms with E-state index in [1.165, 1.54) is 5.56 Å². The second kappa shape index (κ2) is 8.04. The van der Waals surface area contributed by atoms with Gasteiger partial charge in [0.1, 0.15) is 17.3 Å². The lowest BCUT2D eigenvalue weighted by Crippen LogP contribution is -2.42. The summed E-state index contributed by atoms with van der Waals surface area (Å²) in [6.45, 7) is 4.58. The summed E-state index contributed by atoms with van der Waals surface area (Å²) in [5, 5.41) is 6.48. The Morgan fingerprint density at radius 3 is 2.90 bits per heavy atom. The Kier molecular flexibility index (Phi) is 5.12. The molecule has 2 aromatic heterocycles. The maximum atomic E-state index is 12.4. The van der Waals surface area contributed by atoms with Crippen LogP contribution in [0.15, 0.2) is 24.5 Å². The molecular weight excluding hydrogens is 368 g/mol. The van der Waals surface area contributed by atoms with E-state index in [1.807, 2.05) is 12.3 Å². The molecule has 8 nitrogen and oxygen atoms in total. The third kappa shape index (κ3) is 3.95. The minimum Gasteiger partial charge on any atom is -0.379 e. The largest absolute Gasteiger partial charge is 0.379 e. The minimum absolute atomic E-state index is 0.0874. The highest BCUT2D eigenvalue weighted by Gasteiger charge is 2.32. The SMILES string of the molecule is O=C1NCCc2c(NCC(c3cccnc3)N3CCOCC3)nc(C3CC3)nc21. The number of aromatic nitrogens is 3. The normalized spacial score (nSPS) is 20.6. The molecule has 0 aromatic carbocycles. The Bertz CT molecular complexity index is 880. The van der Waals surface area contributed by atoms with Crippen LogP contribution in [0.2, 0.25) is 0 Å². The molecular formula is C21H26N6O2. The van der Waals surface area contributed by atoms with Crippen LogP contribution >= 0.6 is 0 Å². The van der Waals surface area contributed by atoms with E-state index in [-0.39, 0.29) is 11.9 Å². The fraction of sp³-hybridized carbons (Fsp3) is 0.524. The van der Waals surface area contributed by atoms with Gasteiger partial charge in [-0.2, -0.15) is 0 Å². The lowest BCUT2D eigenvalue weighted by Gasteiger charge is -2.35. The number of fused-ring (bicyclic) bond motifs is 1. The molecule has 2 fully saturated rings. The van der Waals surface area contributed by atoms with Gasteiger partial charge in [-0.25, -0.2) is 9.97 Å². The summed E-state index contributed by atoms with van der Waals surface area (Å²) in [6, 6.07) is 4.26. The highest BCUT2D eigenvalue weighted by molar-refractivity contribution is 5.96. The number of nitrogens with zero attached hydrogens (tertiary/aromatic N) is 4. The van der Waals surface area contributed by atoms with E-state index in [2.05, 4.69) is 31.6 Å². The third-order valence-electron chi connectivity index (χ3n) is 5.86. The number of hydrogen-bond donors (Lipinski definition) is 2. The molecule has 1 aliphatic carbocycles. The number of rotatable bonds is 6. The van der Waals surface area contributed by atoms with Crippen molar-refractivity contribution in [2.45, 2.75) is 31.2 Å². The Morgan fingerprint density at radius 1 is 1.28 bits per heavy atom. The number of amides is 1. The smallest absolute Gasteiger partial charge is 0.270 e. The molecule has 3 aliphatic rings. The molecule has 1 unspecified atom stereocenters. The molecule has 4 heterocycles. The molecule has 2 aliphatic heterocycles. The van der Waals surface area contributed by atoms with Crippen LogP contribution < -0.4 is 10.6 Å². The van der Waals surface area contributed by atoms with Crippen LogP contribution in [0.4, 0.5) is 5.82 Å². The summed E-state index contributed by atoms with van der Waals surface area (Å²) in [4.78, 5) is 28.5. The summed E-state index contributed by atoms with van der Waals surface area (Å²) in [5.74, 6) is 1.92. The lowest BCUT2D eigenvalue weighted by molar-refractivity contribution is 0.0186. The monoisotopic (exact) mass is 394 g/mol. The van der Waals surface area contributed by atoms with Gasteiger partial charge in [-0.3, -0.25) is 14.7 Å². The van der Waals surface area contributed by atoms with Crippen molar-refractivity contribution in [2.75, 3.05) is 44.7 Å². The first-order valence-electron chi connectivity index (χ1n) is 10.4. The summed E-state index contributed by atoms with van der Waals surface area (Å²) in [7, 11) is 0.